The predicted molar refractivity (Wildman–Crippen MR) is 102 cm³/mol. The van der Waals surface area contributed by atoms with Crippen LogP contribution >= 0.6 is 0 Å². The number of carbonyl (C=O) groups excluding carboxylic acids is 1. The van der Waals surface area contributed by atoms with Crippen LogP contribution in [-0.4, -0.2) is 10.5 Å². The van der Waals surface area contributed by atoms with Gasteiger partial charge >= 0.3 is 0 Å². The number of carboxylic acids is 1. The Balaban J connectivity index is 0.00000129. The van der Waals surface area contributed by atoms with Gasteiger partial charge in [-0.05, 0) is 38.5 Å². The first-order valence-corrected chi connectivity index (χ1v) is 10.3. The van der Waals surface area contributed by atoms with E-state index in [2.05, 4.69) is 48.6 Å². The molecule has 4 nitrogen and oxygen atoms in total. The third kappa shape index (κ3) is 14.7. The first kappa shape index (κ1) is 23.7. The van der Waals surface area contributed by atoms with Gasteiger partial charge in [0.2, 0.25) is 6.33 Å². The standard InChI is InChI=1S/C19H37N2.C2H4O2/c1-4-7-9-10-11-12-14-20-15-16-21(18-20)17-19(6-3)13-8-5-2;1-2(3)4/h15-16,18-19H,4-14,17H2,1-3H3;1H3,(H,3,4)/q+1;/p-1. The van der Waals surface area contributed by atoms with Gasteiger partial charge in [-0.3, -0.25) is 0 Å². The Morgan fingerprint density at radius 3 is 2.24 bits per heavy atom. The van der Waals surface area contributed by atoms with Crippen LogP contribution in [0.1, 0.15) is 91.9 Å². The molecule has 0 aliphatic carbocycles. The molecule has 1 aromatic rings. The first-order valence-electron chi connectivity index (χ1n) is 10.3. The van der Waals surface area contributed by atoms with Gasteiger partial charge in [-0.2, -0.15) is 0 Å². The minimum Gasteiger partial charge on any atom is -0.550 e. The summed E-state index contributed by atoms with van der Waals surface area (Å²) in [5, 5.41) is 8.89. The molecule has 0 aliphatic rings. The molecule has 4 heteroatoms. The maximum absolute atomic E-state index is 8.89. The summed E-state index contributed by atoms with van der Waals surface area (Å²) in [5.41, 5.74) is 0. The zero-order valence-corrected chi connectivity index (χ0v) is 17.0. The number of aryl methyl sites for hydroxylation is 1. The van der Waals surface area contributed by atoms with E-state index >= 15 is 0 Å². The van der Waals surface area contributed by atoms with Crippen LogP contribution in [0.5, 0.6) is 0 Å². The third-order valence-electron chi connectivity index (χ3n) is 4.53. The van der Waals surface area contributed by atoms with Crippen LogP contribution in [-0.2, 0) is 17.9 Å². The van der Waals surface area contributed by atoms with Crippen LogP contribution in [0, 0.1) is 5.92 Å². The fraction of sp³-hybridized carbons (Fsp3) is 0.810. The molecule has 0 N–H and O–H groups in total. The van der Waals surface area contributed by atoms with E-state index < -0.39 is 5.97 Å². The Bertz CT molecular complexity index is 425. The maximum atomic E-state index is 8.89. The van der Waals surface area contributed by atoms with Gasteiger partial charge in [0.15, 0.2) is 0 Å². The molecule has 1 unspecified atom stereocenters. The van der Waals surface area contributed by atoms with Crippen LogP contribution < -0.4 is 9.67 Å². The second-order valence-corrected chi connectivity index (χ2v) is 7.02. The van der Waals surface area contributed by atoms with E-state index in [-0.39, 0.29) is 0 Å². The summed E-state index contributed by atoms with van der Waals surface area (Å²) in [6.45, 7) is 10.2. The summed E-state index contributed by atoms with van der Waals surface area (Å²) in [7, 11) is 0. The maximum Gasteiger partial charge on any atom is 0.243 e. The highest BCUT2D eigenvalue weighted by Crippen LogP contribution is 2.12. The minimum absolute atomic E-state index is 0.847. The fourth-order valence-electron chi connectivity index (χ4n) is 2.97. The Morgan fingerprint density at radius 2 is 1.64 bits per heavy atom. The first-order chi connectivity index (χ1) is 12.0. The van der Waals surface area contributed by atoms with Crippen LogP contribution in [0.4, 0.5) is 0 Å². The topological polar surface area (TPSA) is 48.9 Å². The molecule has 1 heterocycles. The van der Waals surface area contributed by atoms with E-state index in [0.717, 1.165) is 12.8 Å². The van der Waals surface area contributed by atoms with E-state index in [0.29, 0.717) is 0 Å². The highest BCUT2D eigenvalue weighted by molar-refractivity contribution is 5.60. The Morgan fingerprint density at radius 1 is 1.04 bits per heavy atom. The second kappa shape index (κ2) is 16.2. The average Bonchev–Trinajstić information content (AvgIpc) is 3.01. The van der Waals surface area contributed by atoms with E-state index in [1.807, 2.05) is 0 Å². The molecule has 25 heavy (non-hydrogen) atoms. The quantitative estimate of drug-likeness (QED) is 0.396. The average molecular weight is 353 g/mol. The van der Waals surface area contributed by atoms with E-state index in [1.54, 1.807) is 0 Å². The summed E-state index contributed by atoms with van der Waals surface area (Å²) >= 11 is 0. The smallest absolute Gasteiger partial charge is 0.243 e. The van der Waals surface area contributed by atoms with Gasteiger partial charge in [0.05, 0.1) is 13.1 Å². The SMILES string of the molecule is CC(=O)[O-].CCCCCCCCn1cc[n+](CC(CC)CCCC)c1. The molecule has 1 aromatic heterocycles. The number of imidazole rings is 1. The van der Waals surface area contributed by atoms with Gasteiger partial charge in [-0.25, -0.2) is 9.13 Å². The van der Waals surface area contributed by atoms with Gasteiger partial charge in [0.25, 0.3) is 0 Å². The summed E-state index contributed by atoms with van der Waals surface area (Å²) in [4.78, 5) is 8.89. The number of rotatable bonds is 13. The molecule has 1 atom stereocenters. The molecule has 0 amide bonds. The molecule has 0 aromatic carbocycles. The molecule has 1 rings (SSSR count). The van der Waals surface area contributed by atoms with Crippen LogP contribution in [0.25, 0.3) is 0 Å². The molecular formula is C21H40N2O2. The Labute approximate surface area is 155 Å². The number of hydrogen-bond acceptors (Lipinski definition) is 2. The lowest BCUT2D eigenvalue weighted by Crippen LogP contribution is -2.35. The number of nitrogens with zero attached hydrogens (tertiary/aromatic N) is 2. The third-order valence-corrected chi connectivity index (χ3v) is 4.53. The van der Waals surface area contributed by atoms with Gasteiger partial charge < -0.3 is 9.90 Å². The number of aromatic nitrogens is 2. The van der Waals surface area contributed by atoms with Crippen molar-refractivity contribution in [2.75, 3.05) is 0 Å². The van der Waals surface area contributed by atoms with Crippen LogP contribution in [0.2, 0.25) is 0 Å². The Hall–Kier alpha value is -1.32. The molecule has 0 bridgehead atoms. The summed E-state index contributed by atoms with van der Waals surface area (Å²) in [6.07, 6.45) is 20.5. The summed E-state index contributed by atoms with van der Waals surface area (Å²) in [5.74, 6) is -0.236. The van der Waals surface area contributed by atoms with Crippen molar-refractivity contribution < 1.29 is 14.5 Å². The van der Waals surface area contributed by atoms with Gasteiger partial charge in [-0.1, -0.05) is 59.3 Å². The number of unbranched alkanes of at least 4 members (excludes halogenated alkanes) is 6. The molecular weight excluding hydrogens is 312 g/mol. The van der Waals surface area contributed by atoms with Crippen LogP contribution in [0.15, 0.2) is 18.7 Å². The number of hydrogen-bond donors (Lipinski definition) is 0. The van der Waals surface area contributed by atoms with Crippen molar-refractivity contribution in [3.8, 4) is 0 Å². The zero-order valence-electron chi connectivity index (χ0n) is 17.0. The van der Waals surface area contributed by atoms with Crippen molar-refractivity contribution >= 4 is 5.97 Å². The minimum atomic E-state index is -1.08. The van der Waals surface area contributed by atoms with Gasteiger partial charge in [0.1, 0.15) is 12.4 Å². The molecule has 0 spiro atoms. The fourth-order valence-corrected chi connectivity index (χ4v) is 2.97. The second-order valence-electron chi connectivity index (χ2n) is 7.02. The van der Waals surface area contributed by atoms with E-state index in [4.69, 9.17) is 9.90 Å². The number of aliphatic carboxylic acids is 1. The molecule has 0 saturated carbocycles. The molecule has 146 valence electrons. The van der Waals surface area contributed by atoms with Crippen molar-refractivity contribution in [3.63, 3.8) is 0 Å². The largest absolute Gasteiger partial charge is 0.550 e. The lowest BCUT2D eigenvalue weighted by atomic mass is 9.99. The van der Waals surface area contributed by atoms with Crippen molar-refractivity contribution in [2.24, 2.45) is 5.92 Å². The number of carboxylic acid groups (broad SMARTS) is 1. The van der Waals surface area contributed by atoms with Crippen molar-refractivity contribution in [3.05, 3.63) is 18.7 Å². The Kier molecular flexibility index (Phi) is 15.3. The highest BCUT2D eigenvalue weighted by atomic mass is 16.4. The molecule has 0 aliphatic heterocycles. The summed E-state index contributed by atoms with van der Waals surface area (Å²) < 4.78 is 4.76. The van der Waals surface area contributed by atoms with Crippen molar-refractivity contribution in [1.29, 1.82) is 0 Å². The molecule has 0 fully saturated rings. The highest BCUT2D eigenvalue weighted by Gasteiger charge is 2.11. The molecule has 0 saturated heterocycles. The zero-order chi connectivity index (χ0) is 18.9. The predicted octanol–water partition coefficient (Wildman–Crippen LogP) is 4.11. The summed E-state index contributed by atoms with van der Waals surface area (Å²) in [6, 6.07) is 0. The van der Waals surface area contributed by atoms with Crippen LogP contribution in [0.3, 0.4) is 0 Å². The van der Waals surface area contributed by atoms with E-state index in [9.17, 15) is 0 Å². The van der Waals surface area contributed by atoms with E-state index in [1.165, 1.54) is 77.3 Å². The lowest BCUT2D eigenvalue weighted by molar-refractivity contribution is -0.703. The normalized spacial score (nSPS) is 11.7. The van der Waals surface area contributed by atoms with Gasteiger partial charge in [0, 0.05) is 5.97 Å². The monoisotopic (exact) mass is 352 g/mol. The van der Waals surface area contributed by atoms with Crippen molar-refractivity contribution in [2.45, 2.75) is 105 Å². The van der Waals surface area contributed by atoms with Gasteiger partial charge in [-0.15, -0.1) is 0 Å². The lowest BCUT2D eigenvalue weighted by Gasteiger charge is -2.11. The van der Waals surface area contributed by atoms with Crippen molar-refractivity contribution in [1.82, 2.24) is 4.57 Å². The molecule has 0 radical (unpaired) electrons. The number of carbonyl (C=O) groups is 1.